The summed E-state index contributed by atoms with van der Waals surface area (Å²) >= 11 is 0. The summed E-state index contributed by atoms with van der Waals surface area (Å²) < 4.78 is 6.45. The van der Waals surface area contributed by atoms with E-state index in [1.54, 1.807) is 43.5 Å². The van der Waals surface area contributed by atoms with Crippen LogP contribution in [0, 0.1) is 0 Å². The molecule has 0 aliphatic rings. The summed E-state index contributed by atoms with van der Waals surface area (Å²) in [7, 11) is 0. The monoisotopic (exact) mass is 352 g/mol. The highest BCUT2D eigenvalue weighted by atomic mass is 16.5. The van der Waals surface area contributed by atoms with Crippen LogP contribution in [0.5, 0.6) is 5.75 Å². The Balaban J connectivity index is 2.04. The molecule has 0 spiro atoms. The Morgan fingerprint density at radius 1 is 1.19 bits per heavy atom. The number of ether oxygens (including phenoxy) is 1. The van der Waals surface area contributed by atoms with Crippen molar-refractivity contribution in [2.75, 3.05) is 6.61 Å². The van der Waals surface area contributed by atoms with Crippen molar-refractivity contribution in [3.05, 3.63) is 53.9 Å². The summed E-state index contributed by atoms with van der Waals surface area (Å²) in [4.78, 5) is 27.6. The Kier molecular flexibility index (Phi) is 4.74. The Hall–Kier alpha value is -3.55. The van der Waals surface area contributed by atoms with Crippen molar-refractivity contribution in [3.8, 4) is 5.75 Å². The number of benzene rings is 1. The third-order valence-corrected chi connectivity index (χ3v) is 3.61. The number of Topliss-reactive ketones (excluding diaryl/α,β-unsaturated/α-hetero) is 1. The van der Waals surface area contributed by atoms with Crippen LogP contribution in [0.25, 0.3) is 5.65 Å². The average Bonchev–Trinajstić information content (AvgIpc) is 3.00. The molecule has 0 saturated heterocycles. The third-order valence-electron chi connectivity index (χ3n) is 3.61. The van der Waals surface area contributed by atoms with Crippen LogP contribution in [0.3, 0.4) is 0 Å². The molecule has 132 valence electrons. The van der Waals surface area contributed by atoms with Crippen molar-refractivity contribution in [3.63, 3.8) is 0 Å². The molecule has 0 aliphatic carbocycles. The van der Waals surface area contributed by atoms with Crippen LogP contribution in [0.2, 0.25) is 0 Å². The quantitative estimate of drug-likeness (QED) is 0.427. The Morgan fingerprint density at radius 2 is 1.92 bits per heavy atom. The van der Waals surface area contributed by atoms with Gasteiger partial charge in [0.15, 0.2) is 28.7 Å². The Bertz CT molecular complexity index is 1010. The molecule has 0 saturated carbocycles. The second-order valence-corrected chi connectivity index (χ2v) is 5.39. The molecular weight excluding hydrogens is 336 g/mol. The molecule has 0 amide bonds. The number of azo groups is 1. The van der Waals surface area contributed by atoms with E-state index in [1.165, 1.54) is 17.4 Å². The molecule has 26 heavy (non-hydrogen) atoms. The zero-order valence-corrected chi connectivity index (χ0v) is 14.2. The number of rotatable bonds is 5. The highest BCUT2D eigenvalue weighted by molar-refractivity contribution is 5.94. The fourth-order valence-electron chi connectivity index (χ4n) is 2.34. The van der Waals surface area contributed by atoms with Crippen LogP contribution in [0.15, 0.2) is 52.8 Å². The van der Waals surface area contributed by atoms with Gasteiger partial charge in [0.25, 0.3) is 0 Å². The molecule has 0 atom stereocenters. The lowest BCUT2D eigenvalue weighted by atomic mass is 10.1. The molecular formula is C18H16N4O4. The minimum Gasteiger partial charge on any atom is -0.504 e. The van der Waals surface area contributed by atoms with Gasteiger partial charge in [-0.25, -0.2) is 9.78 Å². The summed E-state index contributed by atoms with van der Waals surface area (Å²) in [5.41, 5.74) is 1.20. The maximum absolute atomic E-state index is 12.2. The minimum absolute atomic E-state index is 0.0440. The molecule has 0 aliphatic heterocycles. The molecule has 0 bridgehead atoms. The average molecular weight is 352 g/mol. The number of hydrogen-bond donors (Lipinski definition) is 1. The lowest BCUT2D eigenvalue weighted by Crippen LogP contribution is -2.05. The van der Waals surface area contributed by atoms with E-state index in [1.807, 2.05) is 0 Å². The zero-order valence-electron chi connectivity index (χ0n) is 14.2. The van der Waals surface area contributed by atoms with Gasteiger partial charge in [0.05, 0.1) is 12.3 Å². The van der Waals surface area contributed by atoms with Crippen molar-refractivity contribution in [1.29, 1.82) is 0 Å². The number of aromatic nitrogens is 2. The number of aromatic hydroxyl groups is 1. The van der Waals surface area contributed by atoms with Gasteiger partial charge in [0.1, 0.15) is 0 Å². The van der Waals surface area contributed by atoms with E-state index in [0.717, 1.165) is 0 Å². The van der Waals surface area contributed by atoms with E-state index in [4.69, 9.17) is 4.74 Å². The number of imidazole rings is 1. The highest BCUT2D eigenvalue weighted by Crippen LogP contribution is 2.28. The van der Waals surface area contributed by atoms with Crippen molar-refractivity contribution >= 4 is 28.9 Å². The number of ketones is 1. The van der Waals surface area contributed by atoms with Gasteiger partial charge in [0, 0.05) is 11.8 Å². The molecule has 0 radical (unpaired) electrons. The number of carbonyl (C=O) groups is 2. The lowest BCUT2D eigenvalue weighted by Gasteiger charge is -2.00. The van der Waals surface area contributed by atoms with Crippen LogP contribution in [-0.2, 0) is 4.74 Å². The molecule has 1 aromatic carbocycles. The first-order chi connectivity index (χ1) is 12.5. The van der Waals surface area contributed by atoms with E-state index < -0.39 is 5.97 Å². The largest absolute Gasteiger partial charge is 0.504 e. The summed E-state index contributed by atoms with van der Waals surface area (Å²) in [5, 5.41) is 18.2. The van der Waals surface area contributed by atoms with Crippen LogP contribution < -0.4 is 0 Å². The number of pyridine rings is 1. The number of nitrogens with zero attached hydrogens (tertiary/aromatic N) is 4. The third kappa shape index (κ3) is 3.30. The molecule has 2 aromatic heterocycles. The van der Waals surface area contributed by atoms with Gasteiger partial charge in [-0.05, 0) is 50.2 Å². The van der Waals surface area contributed by atoms with Crippen LogP contribution in [-0.4, -0.2) is 32.9 Å². The van der Waals surface area contributed by atoms with E-state index in [9.17, 15) is 14.7 Å². The van der Waals surface area contributed by atoms with E-state index >= 15 is 0 Å². The van der Waals surface area contributed by atoms with Gasteiger partial charge in [-0.15, -0.1) is 10.2 Å². The van der Waals surface area contributed by atoms with Gasteiger partial charge >= 0.3 is 5.97 Å². The topological polar surface area (TPSA) is 106 Å². The molecule has 1 N–H and O–H groups in total. The van der Waals surface area contributed by atoms with Crippen molar-refractivity contribution in [2.24, 2.45) is 10.2 Å². The Morgan fingerprint density at radius 3 is 2.58 bits per heavy atom. The number of hydrogen-bond acceptors (Lipinski definition) is 7. The number of fused-ring (bicyclic) bond motifs is 1. The van der Waals surface area contributed by atoms with Crippen LogP contribution in [0.4, 0.5) is 11.5 Å². The zero-order chi connectivity index (χ0) is 18.7. The van der Waals surface area contributed by atoms with Gasteiger partial charge in [-0.2, -0.15) is 0 Å². The molecule has 0 unspecified atom stereocenters. The molecule has 8 heteroatoms. The van der Waals surface area contributed by atoms with E-state index in [0.29, 0.717) is 11.3 Å². The second-order valence-electron chi connectivity index (χ2n) is 5.39. The molecule has 0 fully saturated rings. The Labute approximate surface area is 148 Å². The van der Waals surface area contributed by atoms with Crippen LogP contribution >= 0.6 is 0 Å². The smallest absolute Gasteiger partial charge is 0.360 e. The maximum Gasteiger partial charge on any atom is 0.360 e. The highest BCUT2D eigenvalue weighted by Gasteiger charge is 2.21. The van der Waals surface area contributed by atoms with Gasteiger partial charge in [0.2, 0.25) is 0 Å². The maximum atomic E-state index is 12.2. The first kappa shape index (κ1) is 17.3. The summed E-state index contributed by atoms with van der Waals surface area (Å²) in [6.07, 6.45) is 1.61. The number of carbonyl (C=O) groups excluding carboxylic acids is 2. The predicted molar refractivity (Wildman–Crippen MR) is 93.4 cm³/mol. The van der Waals surface area contributed by atoms with E-state index in [-0.39, 0.29) is 35.3 Å². The lowest BCUT2D eigenvalue weighted by molar-refractivity contribution is 0.0521. The van der Waals surface area contributed by atoms with E-state index in [2.05, 4.69) is 15.2 Å². The summed E-state index contributed by atoms with van der Waals surface area (Å²) in [6.45, 7) is 3.34. The van der Waals surface area contributed by atoms with Crippen molar-refractivity contribution < 1.29 is 19.4 Å². The minimum atomic E-state index is -0.656. The molecule has 8 nitrogen and oxygen atoms in total. The van der Waals surface area contributed by atoms with Gasteiger partial charge in [-0.3, -0.25) is 9.20 Å². The fraction of sp³-hybridized carbons (Fsp3) is 0.167. The van der Waals surface area contributed by atoms with Crippen LogP contribution in [0.1, 0.15) is 34.7 Å². The van der Waals surface area contributed by atoms with Crippen molar-refractivity contribution in [2.45, 2.75) is 13.8 Å². The summed E-state index contributed by atoms with van der Waals surface area (Å²) in [5.74, 6) is -0.651. The SMILES string of the molecule is CCOC(=O)c1nc2c(O)cccn2c1N=Nc1ccc(C(C)=O)cc1. The predicted octanol–water partition coefficient (Wildman–Crippen LogP) is 3.83. The summed E-state index contributed by atoms with van der Waals surface area (Å²) in [6, 6.07) is 9.63. The second kappa shape index (κ2) is 7.14. The first-order valence-corrected chi connectivity index (χ1v) is 7.91. The fourth-order valence-corrected chi connectivity index (χ4v) is 2.34. The molecule has 2 heterocycles. The normalized spacial score (nSPS) is 11.2. The van der Waals surface area contributed by atoms with Gasteiger partial charge in [-0.1, -0.05) is 0 Å². The van der Waals surface area contributed by atoms with Crippen molar-refractivity contribution in [1.82, 2.24) is 9.38 Å². The molecule has 3 aromatic rings. The van der Waals surface area contributed by atoms with Gasteiger partial charge < -0.3 is 9.84 Å². The molecule has 3 rings (SSSR count). The standard InChI is InChI=1S/C18H16N4O4/c1-3-26-18(25)15-17(22-10-4-5-14(24)16(22)19-15)21-20-13-8-6-12(7-9-13)11(2)23/h4-10,24H,3H2,1-2H3. The number of esters is 1. The first-order valence-electron chi connectivity index (χ1n) is 7.91.